The summed E-state index contributed by atoms with van der Waals surface area (Å²) < 4.78 is 0. The smallest absolute Gasteiger partial charge is 0.0925 e. The lowest BCUT2D eigenvalue weighted by molar-refractivity contribution is 0.239. The summed E-state index contributed by atoms with van der Waals surface area (Å²) in [6.45, 7) is 5.28. The maximum Gasteiger partial charge on any atom is 0.0925 e. The van der Waals surface area contributed by atoms with E-state index in [9.17, 15) is 0 Å². The first-order valence-electron chi connectivity index (χ1n) is 4.98. The zero-order valence-corrected chi connectivity index (χ0v) is 8.30. The van der Waals surface area contributed by atoms with Gasteiger partial charge in [0, 0.05) is 18.3 Å². The molecule has 0 saturated heterocycles. The average molecular weight is 179 g/mol. The van der Waals surface area contributed by atoms with Crippen LogP contribution in [0.3, 0.4) is 0 Å². The van der Waals surface area contributed by atoms with E-state index in [1.54, 1.807) is 6.33 Å². The van der Waals surface area contributed by atoms with E-state index in [1.165, 1.54) is 18.5 Å². The quantitative estimate of drug-likeness (QED) is 0.740. The Balaban J connectivity index is 1.77. The minimum Gasteiger partial charge on any atom is -0.348 e. The summed E-state index contributed by atoms with van der Waals surface area (Å²) in [4.78, 5) is 7.33. The van der Waals surface area contributed by atoms with Crippen LogP contribution in [0, 0.1) is 12.8 Å². The van der Waals surface area contributed by atoms with E-state index in [0.29, 0.717) is 0 Å². The van der Waals surface area contributed by atoms with Gasteiger partial charge in [0.15, 0.2) is 0 Å². The van der Waals surface area contributed by atoms with E-state index in [0.717, 1.165) is 24.2 Å². The van der Waals surface area contributed by atoms with E-state index in [4.69, 9.17) is 0 Å². The largest absolute Gasteiger partial charge is 0.348 e. The second-order valence-corrected chi connectivity index (χ2v) is 4.13. The molecule has 1 aromatic heterocycles. The molecule has 0 unspecified atom stereocenters. The van der Waals surface area contributed by atoms with E-state index >= 15 is 0 Å². The van der Waals surface area contributed by atoms with Gasteiger partial charge in [0.2, 0.25) is 0 Å². The first-order chi connectivity index (χ1) is 6.25. The van der Waals surface area contributed by atoms with Crippen molar-refractivity contribution >= 4 is 0 Å². The zero-order chi connectivity index (χ0) is 9.26. The van der Waals surface area contributed by atoms with Crippen LogP contribution in [-0.2, 0) is 6.54 Å². The molecule has 72 valence electrons. The Morgan fingerprint density at radius 2 is 2.38 bits per heavy atom. The fourth-order valence-corrected chi connectivity index (χ4v) is 1.88. The molecule has 1 aliphatic carbocycles. The molecule has 2 N–H and O–H groups in total. The molecule has 2 rings (SSSR count). The Morgan fingerprint density at radius 1 is 1.62 bits per heavy atom. The molecule has 0 amide bonds. The molecule has 0 spiro atoms. The lowest BCUT2D eigenvalue weighted by atomic mass is 9.82. The third-order valence-corrected chi connectivity index (χ3v) is 2.87. The van der Waals surface area contributed by atoms with Crippen LogP contribution in [0.25, 0.3) is 0 Å². The Kier molecular flexibility index (Phi) is 2.36. The van der Waals surface area contributed by atoms with Crippen LogP contribution < -0.4 is 5.32 Å². The van der Waals surface area contributed by atoms with Crippen molar-refractivity contribution in [2.45, 2.75) is 39.3 Å². The number of rotatable bonds is 3. The molecule has 0 bridgehead atoms. The van der Waals surface area contributed by atoms with Crippen molar-refractivity contribution in [3.05, 3.63) is 17.7 Å². The molecule has 1 heterocycles. The highest BCUT2D eigenvalue weighted by Gasteiger charge is 2.24. The van der Waals surface area contributed by atoms with Crippen LogP contribution in [0.15, 0.2) is 6.33 Å². The number of hydrogen-bond donors (Lipinski definition) is 2. The Labute approximate surface area is 79.0 Å². The predicted octanol–water partition coefficient (Wildman–Crippen LogP) is 1.61. The third kappa shape index (κ3) is 1.91. The lowest BCUT2D eigenvalue weighted by Gasteiger charge is -2.33. The molecule has 0 aliphatic heterocycles. The summed E-state index contributed by atoms with van der Waals surface area (Å²) in [5, 5.41) is 3.51. The maximum atomic E-state index is 4.25. The standard InChI is InChI=1S/C10H17N3/c1-7-3-9(4-7)11-5-10-8(2)12-6-13-10/h6-7,9,11H,3-5H2,1-2H3,(H,12,13). The third-order valence-electron chi connectivity index (χ3n) is 2.87. The summed E-state index contributed by atoms with van der Waals surface area (Å²) in [7, 11) is 0. The van der Waals surface area contributed by atoms with Crippen LogP contribution in [0.5, 0.6) is 0 Å². The van der Waals surface area contributed by atoms with Crippen molar-refractivity contribution in [2.75, 3.05) is 0 Å². The molecule has 13 heavy (non-hydrogen) atoms. The number of aromatic nitrogens is 2. The van der Waals surface area contributed by atoms with Crippen molar-refractivity contribution in [1.82, 2.24) is 15.3 Å². The number of aryl methyl sites for hydroxylation is 1. The molecule has 1 aromatic rings. The first kappa shape index (κ1) is 8.75. The van der Waals surface area contributed by atoms with Gasteiger partial charge in [-0.2, -0.15) is 0 Å². The highest BCUT2D eigenvalue weighted by molar-refractivity contribution is 5.08. The van der Waals surface area contributed by atoms with Crippen molar-refractivity contribution in [2.24, 2.45) is 5.92 Å². The summed E-state index contributed by atoms with van der Waals surface area (Å²) in [6.07, 6.45) is 4.41. The highest BCUT2D eigenvalue weighted by atomic mass is 15.0. The van der Waals surface area contributed by atoms with Crippen LogP contribution in [-0.4, -0.2) is 16.0 Å². The van der Waals surface area contributed by atoms with Gasteiger partial charge >= 0.3 is 0 Å². The average Bonchev–Trinajstić information content (AvgIpc) is 2.43. The molecule has 3 heteroatoms. The fraction of sp³-hybridized carbons (Fsp3) is 0.700. The van der Waals surface area contributed by atoms with E-state index < -0.39 is 0 Å². The van der Waals surface area contributed by atoms with E-state index in [-0.39, 0.29) is 0 Å². The number of nitrogens with one attached hydrogen (secondary N) is 2. The Morgan fingerprint density at radius 3 is 2.92 bits per heavy atom. The fourth-order valence-electron chi connectivity index (χ4n) is 1.88. The van der Waals surface area contributed by atoms with Crippen LogP contribution in [0.1, 0.15) is 31.2 Å². The van der Waals surface area contributed by atoms with Gasteiger partial charge in [-0.15, -0.1) is 0 Å². The lowest BCUT2D eigenvalue weighted by Crippen LogP contribution is -2.39. The van der Waals surface area contributed by atoms with Gasteiger partial charge < -0.3 is 10.3 Å². The van der Waals surface area contributed by atoms with Gasteiger partial charge in [-0.25, -0.2) is 4.98 Å². The van der Waals surface area contributed by atoms with Crippen molar-refractivity contribution in [3.8, 4) is 0 Å². The molecule has 3 nitrogen and oxygen atoms in total. The van der Waals surface area contributed by atoms with E-state index in [1.807, 2.05) is 0 Å². The molecule has 1 fully saturated rings. The van der Waals surface area contributed by atoms with Crippen LogP contribution >= 0.6 is 0 Å². The van der Waals surface area contributed by atoms with Gasteiger partial charge in [-0.1, -0.05) is 6.92 Å². The highest BCUT2D eigenvalue weighted by Crippen LogP contribution is 2.26. The summed E-state index contributed by atoms with van der Waals surface area (Å²) in [5.41, 5.74) is 2.33. The number of imidazole rings is 1. The predicted molar refractivity (Wildman–Crippen MR) is 52.4 cm³/mol. The molecule has 1 aliphatic rings. The van der Waals surface area contributed by atoms with Crippen LogP contribution in [0.4, 0.5) is 0 Å². The minimum atomic E-state index is 0.728. The summed E-state index contributed by atoms with van der Waals surface area (Å²) in [6, 6.07) is 0.728. The monoisotopic (exact) mass is 179 g/mol. The first-order valence-corrected chi connectivity index (χ1v) is 4.98. The van der Waals surface area contributed by atoms with Gasteiger partial charge in [0.1, 0.15) is 0 Å². The molecule has 0 atom stereocenters. The zero-order valence-electron chi connectivity index (χ0n) is 8.30. The number of nitrogens with zero attached hydrogens (tertiary/aromatic N) is 1. The summed E-state index contributed by atoms with van der Waals surface area (Å²) in [5.74, 6) is 0.915. The van der Waals surface area contributed by atoms with Crippen molar-refractivity contribution < 1.29 is 0 Å². The van der Waals surface area contributed by atoms with Gasteiger partial charge in [0.05, 0.1) is 12.0 Å². The van der Waals surface area contributed by atoms with Crippen molar-refractivity contribution in [1.29, 1.82) is 0 Å². The second kappa shape index (κ2) is 3.50. The van der Waals surface area contributed by atoms with Gasteiger partial charge in [-0.3, -0.25) is 0 Å². The maximum absolute atomic E-state index is 4.25. The topological polar surface area (TPSA) is 40.7 Å². The molecular weight excluding hydrogens is 162 g/mol. The molecule has 0 radical (unpaired) electrons. The molecule has 1 saturated carbocycles. The number of hydrogen-bond acceptors (Lipinski definition) is 2. The number of H-pyrrole nitrogens is 1. The van der Waals surface area contributed by atoms with Crippen LogP contribution in [0.2, 0.25) is 0 Å². The van der Waals surface area contributed by atoms with Crippen molar-refractivity contribution in [3.63, 3.8) is 0 Å². The minimum absolute atomic E-state index is 0.728. The second-order valence-electron chi connectivity index (χ2n) is 4.13. The number of aromatic amines is 1. The normalized spacial score (nSPS) is 27.2. The SMILES string of the molecule is Cc1[nH]cnc1CNC1CC(C)C1. The summed E-state index contributed by atoms with van der Waals surface area (Å²) >= 11 is 0. The van der Waals surface area contributed by atoms with Gasteiger partial charge in [0.25, 0.3) is 0 Å². The Bertz CT molecular complexity index is 273. The van der Waals surface area contributed by atoms with E-state index in [2.05, 4.69) is 29.1 Å². The Hall–Kier alpha value is -0.830. The molecular formula is C10H17N3. The van der Waals surface area contributed by atoms with Gasteiger partial charge in [-0.05, 0) is 25.7 Å². The molecule has 0 aromatic carbocycles.